The van der Waals surface area contributed by atoms with Crippen LogP contribution in [0.3, 0.4) is 0 Å². The Morgan fingerprint density at radius 1 is 1.08 bits per heavy atom. The highest BCUT2D eigenvalue weighted by Crippen LogP contribution is 2.39. The summed E-state index contributed by atoms with van der Waals surface area (Å²) in [6, 6.07) is 18.7. The average Bonchev–Trinajstić information content (AvgIpc) is 2.68. The molecule has 1 heterocycles. The van der Waals surface area contributed by atoms with Gasteiger partial charge in [-0.05, 0) is 23.3 Å². The maximum Gasteiger partial charge on any atom is 0.120 e. The molecule has 1 aliphatic rings. The molecule has 0 bridgehead atoms. The van der Waals surface area contributed by atoms with Gasteiger partial charge in [-0.3, -0.25) is 4.90 Å². The van der Waals surface area contributed by atoms with Crippen LogP contribution in [0.4, 0.5) is 0 Å². The molecule has 2 N–H and O–H groups in total. The first-order valence-electron chi connectivity index (χ1n) is 9.42. The zero-order valence-electron chi connectivity index (χ0n) is 15.8. The number of hydrogen-bond acceptors (Lipinski definition) is 4. The normalized spacial score (nSPS) is 17.0. The van der Waals surface area contributed by atoms with Gasteiger partial charge in [0, 0.05) is 44.2 Å². The van der Waals surface area contributed by atoms with Gasteiger partial charge in [-0.15, -0.1) is 0 Å². The summed E-state index contributed by atoms with van der Waals surface area (Å²) in [5.74, 6) is 0.875. The Bertz CT molecular complexity index is 682. The highest BCUT2D eigenvalue weighted by atomic mass is 16.5. The monoisotopic (exact) mass is 354 g/mol. The molecule has 0 spiro atoms. The van der Waals surface area contributed by atoms with Crippen molar-refractivity contribution in [2.24, 2.45) is 5.41 Å². The predicted molar refractivity (Wildman–Crippen MR) is 105 cm³/mol. The van der Waals surface area contributed by atoms with Crippen LogP contribution < -0.4 is 10.1 Å². The van der Waals surface area contributed by atoms with Crippen molar-refractivity contribution in [1.29, 1.82) is 0 Å². The Kier molecular flexibility index (Phi) is 6.30. The fourth-order valence-corrected chi connectivity index (χ4v) is 3.70. The summed E-state index contributed by atoms with van der Waals surface area (Å²) in [4.78, 5) is 2.48. The molecule has 1 saturated heterocycles. The van der Waals surface area contributed by atoms with Gasteiger partial charge in [0.25, 0.3) is 0 Å². The first-order valence-corrected chi connectivity index (χ1v) is 9.42. The summed E-state index contributed by atoms with van der Waals surface area (Å²) < 4.78 is 6.02. The number of nitrogens with zero attached hydrogens (tertiary/aromatic N) is 1. The number of nitrogens with one attached hydrogen (secondary N) is 1. The van der Waals surface area contributed by atoms with Gasteiger partial charge in [-0.25, -0.2) is 0 Å². The fraction of sp³-hybridized carbons (Fsp3) is 0.455. The quantitative estimate of drug-likeness (QED) is 0.801. The molecule has 4 nitrogen and oxygen atoms in total. The van der Waals surface area contributed by atoms with Crippen LogP contribution in [0.5, 0.6) is 5.75 Å². The summed E-state index contributed by atoms with van der Waals surface area (Å²) in [5, 5.41) is 13.4. The maximum absolute atomic E-state index is 10.0. The maximum atomic E-state index is 10.0. The third-order valence-electron chi connectivity index (χ3n) is 5.09. The summed E-state index contributed by atoms with van der Waals surface area (Å²) in [5.41, 5.74) is 2.14. The van der Waals surface area contributed by atoms with E-state index in [1.807, 2.05) is 24.3 Å². The van der Waals surface area contributed by atoms with Gasteiger partial charge in [0.2, 0.25) is 0 Å². The lowest BCUT2D eigenvalue weighted by Crippen LogP contribution is -2.49. The average molecular weight is 354 g/mol. The Morgan fingerprint density at radius 2 is 1.81 bits per heavy atom. The molecule has 1 aliphatic heterocycles. The molecule has 0 saturated carbocycles. The summed E-state index contributed by atoms with van der Waals surface area (Å²) in [6.07, 6.45) is 0. The van der Waals surface area contributed by atoms with Crippen LogP contribution in [0.15, 0.2) is 54.6 Å². The summed E-state index contributed by atoms with van der Waals surface area (Å²) in [7, 11) is 0. The van der Waals surface area contributed by atoms with E-state index >= 15 is 0 Å². The molecule has 140 valence electrons. The van der Waals surface area contributed by atoms with E-state index in [9.17, 15) is 5.11 Å². The minimum absolute atomic E-state index is 0.149. The smallest absolute Gasteiger partial charge is 0.120 e. The highest BCUT2D eigenvalue weighted by Gasteiger charge is 2.35. The van der Waals surface area contributed by atoms with E-state index < -0.39 is 0 Å². The number of benzene rings is 2. The van der Waals surface area contributed by atoms with E-state index in [4.69, 9.17) is 4.74 Å². The van der Waals surface area contributed by atoms with Crippen molar-refractivity contribution in [2.75, 3.05) is 32.8 Å². The molecule has 0 amide bonds. The lowest BCUT2D eigenvalue weighted by molar-refractivity contribution is 0.0304. The molecule has 0 unspecified atom stereocenters. The van der Waals surface area contributed by atoms with Crippen molar-refractivity contribution in [3.63, 3.8) is 0 Å². The number of ether oxygens (including phenoxy) is 1. The molecule has 26 heavy (non-hydrogen) atoms. The lowest BCUT2D eigenvalue weighted by atomic mass is 9.79. The van der Waals surface area contributed by atoms with Crippen LogP contribution in [0.2, 0.25) is 0 Å². The van der Waals surface area contributed by atoms with Gasteiger partial charge >= 0.3 is 0 Å². The lowest BCUT2D eigenvalue weighted by Gasteiger charge is -2.43. The second kappa shape index (κ2) is 8.67. The molecular formula is C22H30N2O2. The second-order valence-electron chi connectivity index (χ2n) is 7.68. The number of piperazine rings is 1. The highest BCUT2D eigenvalue weighted by molar-refractivity contribution is 5.32. The van der Waals surface area contributed by atoms with Crippen molar-refractivity contribution in [1.82, 2.24) is 10.2 Å². The zero-order chi connectivity index (χ0) is 18.4. The SMILES string of the molecule is CC(C)(CO)[C@@H](c1cccc(OCc2ccccc2)c1)N1CCNCC1. The van der Waals surface area contributed by atoms with Gasteiger partial charge in [0.1, 0.15) is 12.4 Å². The van der Waals surface area contributed by atoms with Crippen LogP contribution >= 0.6 is 0 Å². The minimum atomic E-state index is -0.227. The molecule has 0 aromatic heterocycles. The molecule has 2 aromatic rings. The van der Waals surface area contributed by atoms with Gasteiger partial charge in [0.15, 0.2) is 0 Å². The van der Waals surface area contributed by atoms with E-state index in [0.717, 1.165) is 37.5 Å². The Balaban J connectivity index is 1.80. The van der Waals surface area contributed by atoms with Gasteiger partial charge in [0.05, 0.1) is 0 Å². The minimum Gasteiger partial charge on any atom is -0.489 e. The number of hydrogen-bond donors (Lipinski definition) is 2. The van der Waals surface area contributed by atoms with E-state index in [0.29, 0.717) is 6.61 Å². The van der Waals surface area contributed by atoms with Gasteiger partial charge in [-0.1, -0.05) is 56.3 Å². The number of aliphatic hydroxyl groups excluding tert-OH is 1. The van der Waals surface area contributed by atoms with Gasteiger partial charge < -0.3 is 15.2 Å². The Morgan fingerprint density at radius 3 is 2.50 bits per heavy atom. The third kappa shape index (κ3) is 4.64. The Labute approximate surface area is 156 Å². The molecular weight excluding hydrogens is 324 g/mol. The topological polar surface area (TPSA) is 44.7 Å². The molecule has 1 fully saturated rings. The number of aliphatic hydroxyl groups is 1. The Hall–Kier alpha value is -1.88. The van der Waals surface area contributed by atoms with Crippen LogP contribution in [0, 0.1) is 5.41 Å². The van der Waals surface area contributed by atoms with E-state index in [-0.39, 0.29) is 18.1 Å². The van der Waals surface area contributed by atoms with Crippen molar-refractivity contribution >= 4 is 0 Å². The zero-order valence-corrected chi connectivity index (χ0v) is 15.8. The fourth-order valence-electron chi connectivity index (χ4n) is 3.70. The summed E-state index contributed by atoms with van der Waals surface area (Å²) in [6.45, 7) is 8.94. The molecule has 4 heteroatoms. The molecule has 0 radical (unpaired) electrons. The van der Waals surface area contributed by atoms with Crippen molar-refractivity contribution in [3.8, 4) is 5.75 Å². The van der Waals surface area contributed by atoms with Crippen LogP contribution in [0.1, 0.15) is 31.0 Å². The largest absolute Gasteiger partial charge is 0.489 e. The first kappa shape index (κ1) is 18.9. The van der Waals surface area contributed by atoms with Crippen molar-refractivity contribution < 1.29 is 9.84 Å². The first-order chi connectivity index (χ1) is 12.6. The predicted octanol–water partition coefficient (Wildman–Crippen LogP) is 3.23. The van der Waals surface area contributed by atoms with Crippen LogP contribution in [-0.2, 0) is 6.61 Å². The molecule has 2 aromatic carbocycles. The van der Waals surface area contributed by atoms with Gasteiger partial charge in [-0.2, -0.15) is 0 Å². The summed E-state index contributed by atoms with van der Waals surface area (Å²) >= 11 is 0. The molecule has 1 atom stereocenters. The standard InChI is InChI=1S/C22H30N2O2/c1-22(2,17-25)21(24-13-11-23-12-14-24)19-9-6-10-20(15-19)26-16-18-7-4-3-5-8-18/h3-10,15,21,23,25H,11-14,16-17H2,1-2H3/t21-/m1/s1. The third-order valence-corrected chi connectivity index (χ3v) is 5.09. The van der Waals surface area contributed by atoms with Crippen LogP contribution in [-0.4, -0.2) is 42.8 Å². The molecule has 3 rings (SSSR count). The van der Waals surface area contributed by atoms with E-state index in [2.05, 4.69) is 54.4 Å². The van der Waals surface area contributed by atoms with Crippen molar-refractivity contribution in [3.05, 3.63) is 65.7 Å². The number of rotatable bonds is 7. The van der Waals surface area contributed by atoms with E-state index in [1.54, 1.807) is 0 Å². The van der Waals surface area contributed by atoms with Crippen LogP contribution in [0.25, 0.3) is 0 Å². The second-order valence-corrected chi connectivity index (χ2v) is 7.68. The molecule has 0 aliphatic carbocycles. The van der Waals surface area contributed by atoms with Crippen molar-refractivity contribution in [2.45, 2.75) is 26.5 Å². The van der Waals surface area contributed by atoms with E-state index in [1.165, 1.54) is 5.56 Å².